The SMILES string of the molecule is FC(F)(F)OC[C@@H]1Cc2ccccc2N1. The van der Waals surface area contributed by atoms with Crippen LogP contribution in [0.2, 0.25) is 0 Å². The van der Waals surface area contributed by atoms with Crippen LogP contribution in [0.3, 0.4) is 0 Å². The fourth-order valence-electron chi connectivity index (χ4n) is 1.67. The number of para-hydroxylation sites is 1. The van der Waals surface area contributed by atoms with Crippen molar-refractivity contribution in [3.63, 3.8) is 0 Å². The van der Waals surface area contributed by atoms with E-state index in [1.807, 2.05) is 24.3 Å². The molecule has 15 heavy (non-hydrogen) atoms. The van der Waals surface area contributed by atoms with Crippen LogP contribution in [0.15, 0.2) is 24.3 Å². The first kappa shape index (κ1) is 10.3. The second kappa shape index (κ2) is 3.73. The van der Waals surface area contributed by atoms with E-state index in [0.29, 0.717) is 6.42 Å². The lowest BCUT2D eigenvalue weighted by Crippen LogP contribution is -2.27. The number of rotatable bonds is 2. The summed E-state index contributed by atoms with van der Waals surface area (Å²) in [5.74, 6) is 0. The van der Waals surface area contributed by atoms with E-state index >= 15 is 0 Å². The van der Waals surface area contributed by atoms with Crippen LogP contribution in [0.4, 0.5) is 18.9 Å². The molecule has 0 saturated heterocycles. The summed E-state index contributed by atoms with van der Waals surface area (Å²) in [6, 6.07) is 7.18. The van der Waals surface area contributed by atoms with E-state index < -0.39 is 6.36 Å². The summed E-state index contributed by atoms with van der Waals surface area (Å²) < 4.78 is 39.1. The number of alkyl halides is 3. The largest absolute Gasteiger partial charge is 0.522 e. The number of hydrogen-bond acceptors (Lipinski definition) is 2. The van der Waals surface area contributed by atoms with Gasteiger partial charge in [-0.15, -0.1) is 13.2 Å². The second-order valence-electron chi connectivity index (χ2n) is 3.46. The Morgan fingerprint density at radius 2 is 2.07 bits per heavy atom. The van der Waals surface area contributed by atoms with Crippen molar-refractivity contribution < 1.29 is 17.9 Å². The van der Waals surface area contributed by atoms with Crippen LogP contribution in [0.25, 0.3) is 0 Å². The third kappa shape index (κ3) is 2.62. The molecule has 1 N–H and O–H groups in total. The Bertz CT molecular complexity index is 326. The zero-order valence-corrected chi connectivity index (χ0v) is 7.84. The topological polar surface area (TPSA) is 21.3 Å². The average Bonchev–Trinajstić information content (AvgIpc) is 2.56. The fraction of sp³-hybridized carbons (Fsp3) is 0.400. The average molecular weight is 217 g/mol. The van der Waals surface area contributed by atoms with Gasteiger partial charge in [0.05, 0.1) is 12.6 Å². The number of nitrogens with one attached hydrogen (secondary N) is 1. The Kier molecular flexibility index (Phi) is 2.56. The Labute approximate surface area is 85.0 Å². The number of ether oxygens (including phenoxy) is 1. The number of anilines is 1. The molecule has 0 aliphatic carbocycles. The molecule has 1 aromatic rings. The quantitative estimate of drug-likeness (QED) is 0.822. The number of benzene rings is 1. The van der Waals surface area contributed by atoms with Crippen molar-refractivity contribution in [3.05, 3.63) is 29.8 Å². The Balaban J connectivity index is 1.91. The minimum absolute atomic E-state index is 0.288. The standard InChI is InChI=1S/C10H10F3NO/c11-10(12,13)15-6-8-5-7-3-1-2-4-9(7)14-8/h1-4,8,14H,5-6H2/t8-/m0/s1. The first-order valence-corrected chi connectivity index (χ1v) is 4.60. The zero-order valence-electron chi connectivity index (χ0n) is 7.84. The van der Waals surface area contributed by atoms with E-state index in [2.05, 4.69) is 10.1 Å². The van der Waals surface area contributed by atoms with E-state index in [0.717, 1.165) is 11.3 Å². The van der Waals surface area contributed by atoms with Crippen molar-refractivity contribution in [2.45, 2.75) is 18.8 Å². The zero-order chi connectivity index (χ0) is 10.9. The van der Waals surface area contributed by atoms with E-state index in [1.54, 1.807) is 0 Å². The predicted octanol–water partition coefficient (Wildman–Crippen LogP) is 2.56. The number of fused-ring (bicyclic) bond motifs is 1. The van der Waals surface area contributed by atoms with Crippen LogP contribution < -0.4 is 5.32 Å². The van der Waals surface area contributed by atoms with Gasteiger partial charge >= 0.3 is 6.36 Å². The van der Waals surface area contributed by atoms with Crippen molar-refractivity contribution in [2.24, 2.45) is 0 Å². The summed E-state index contributed by atoms with van der Waals surface area (Å²) in [6.45, 7) is -0.349. The van der Waals surface area contributed by atoms with Crippen LogP contribution in [-0.2, 0) is 11.2 Å². The van der Waals surface area contributed by atoms with Gasteiger partial charge in [-0.3, -0.25) is 4.74 Å². The highest BCUT2D eigenvalue weighted by molar-refractivity contribution is 5.56. The normalized spacial score (nSPS) is 19.8. The molecule has 1 aromatic carbocycles. The molecule has 0 radical (unpaired) electrons. The van der Waals surface area contributed by atoms with Crippen LogP contribution in [0.1, 0.15) is 5.56 Å². The Morgan fingerprint density at radius 1 is 1.33 bits per heavy atom. The lowest BCUT2D eigenvalue weighted by Gasteiger charge is -2.13. The maximum absolute atomic E-state index is 11.8. The van der Waals surface area contributed by atoms with Gasteiger partial charge in [-0.2, -0.15) is 0 Å². The van der Waals surface area contributed by atoms with E-state index in [1.165, 1.54) is 0 Å². The first-order chi connectivity index (χ1) is 7.04. The van der Waals surface area contributed by atoms with Crippen molar-refractivity contribution in [1.82, 2.24) is 0 Å². The molecule has 1 atom stereocenters. The maximum Gasteiger partial charge on any atom is 0.522 e. The molecule has 0 amide bonds. The van der Waals surface area contributed by atoms with E-state index in [-0.39, 0.29) is 12.6 Å². The van der Waals surface area contributed by atoms with Crippen molar-refractivity contribution in [2.75, 3.05) is 11.9 Å². The van der Waals surface area contributed by atoms with Gasteiger partial charge in [0, 0.05) is 5.69 Å². The van der Waals surface area contributed by atoms with Gasteiger partial charge in [0.1, 0.15) is 0 Å². The lowest BCUT2D eigenvalue weighted by atomic mass is 10.1. The summed E-state index contributed by atoms with van der Waals surface area (Å²) in [4.78, 5) is 0. The van der Waals surface area contributed by atoms with Crippen molar-refractivity contribution in [3.8, 4) is 0 Å². The summed E-state index contributed by atoms with van der Waals surface area (Å²) >= 11 is 0. The highest BCUT2D eigenvalue weighted by Gasteiger charge is 2.31. The summed E-state index contributed by atoms with van der Waals surface area (Å²) in [5.41, 5.74) is 1.93. The second-order valence-corrected chi connectivity index (χ2v) is 3.46. The summed E-state index contributed by atoms with van der Waals surface area (Å²) in [6.07, 6.45) is -3.97. The van der Waals surface area contributed by atoms with Gasteiger partial charge in [-0.1, -0.05) is 18.2 Å². The van der Waals surface area contributed by atoms with E-state index in [4.69, 9.17) is 0 Å². The molecule has 1 aliphatic rings. The van der Waals surface area contributed by atoms with Crippen molar-refractivity contribution >= 4 is 5.69 Å². The molecule has 0 unspecified atom stereocenters. The maximum atomic E-state index is 11.8. The molecule has 0 saturated carbocycles. The van der Waals surface area contributed by atoms with E-state index in [9.17, 15) is 13.2 Å². The van der Waals surface area contributed by atoms with Crippen molar-refractivity contribution in [1.29, 1.82) is 0 Å². The Morgan fingerprint density at radius 3 is 2.73 bits per heavy atom. The predicted molar refractivity (Wildman–Crippen MR) is 49.6 cm³/mol. The molecule has 5 heteroatoms. The molecule has 1 aliphatic heterocycles. The molecule has 82 valence electrons. The smallest absolute Gasteiger partial charge is 0.379 e. The Hall–Kier alpha value is -1.23. The van der Waals surface area contributed by atoms with Gasteiger partial charge in [0.25, 0.3) is 0 Å². The third-order valence-electron chi connectivity index (χ3n) is 2.29. The molecule has 0 bridgehead atoms. The van der Waals surface area contributed by atoms with Crippen LogP contribution in [0, 0.1) is 0 Å². The highest BCUT2D eigenvalue weighted by atomic mass is 19.4. The summed E-state index contributed by atoms with van der Waals surface area (Å²) in [7, 11) is 0. The number of hydrogen-bond donors (Lipinski definition) is 1. The molecular weight excluding hydrogens is 207 g/mol. The fourth-order valence-corrected chi connectivity index (χ4v) is 1.67. The van der Waals surface area contributed by atoms with Crippen LogP contribution in [0.5, 0.6) is 0 Å². The van der Waals surface area contributed by atoms with Gasteiger partial charge in [-0.05, 0) is 18.1 Å². The van der Waals surface area contributed by atoms with Crippen LogP contribution in [-0.4, -0.2) is 19.0 Å². The third-order valence-corrected chi connectivity index (χ3v) is 2.29. The van der Waals surface area contributed by atoms with Gasteiger partial charge in [0.2, 0.25) is 0 Å². The molecule has 0 aromatic heterocycles. The number of halogens is 3. The molecular formula is C10H10F3NO. The molecule has 2 rings (SSSR count). The minimum atomic E-state index is -4.55. The van der Waals surface area contributed by atoms with Gasteiger partial charge in [0.15, 0.2) is 0 Å². The molecule has 2 nitrogen and oxygen atoms in total. The van der Waals surface area contributed by atoms with Crippen LogP contribution >= 0.6 is 0 Å². The molecule has 0 spiro atoms. The van der Waals surface area contributed by atoms with Gasteiger partial charge < -0.3 is 5.32 Å². The first-order valence-electron chi connectivity index (χ1n) is 4.60. The molecule has 0 fully saturated rings. The summed E-state index contributed by atoms with van der Waals surface area (Å²) in [5, 5.41) is 2.98. The molecule has 1 heterocycles. The lowest BCUT2D eigenvalue weighted by molar-refractivity contribution is -0.325. The van der Waals surface area contributed by atoms with Gasteiger partial charge in [-0.25, -0.2) is 0 Å². The minimum Gasteiger partial charge on any atom is -0.379 e. The monoisotopic (exact) mass is 217 g/mol. The highest BCUT2D eigenvalue weighted by Crippen LogP contribution is 2.26.